The lowest BCUT2D eigenvalue weighted by Gasteiger charge is -2.06. The van der Waals surface area contributed by atoms with Gasteiger partial charge in [0, 0.05) is 12.7 Å². The molecule has 21 heavy (non-hydrogen) atoms. The Labute approximate surface area is 121 Å². The van der Waals surface area contributed by atoms with Crippen LogP contribution in [0.25, 0.3) is 11.0 Å². The molecule has 0 spiro atoms. The Morgan fingerprint density at radius 1 is 1.19 bits per heavy atom. The van der Waals surface area contributed by atoms with E-state index in [9.17, 15) is 4.79 Å². The molecule has 0 unspecified atom stereocenters. The molecule has 0 saturated carbocycles. The quantitative estimate of drug-likeness (QED) is 0.784. The average Bonchev–Trinajstić information content (AvgIpc) is 2.82. The average molecular weight is 282 g/mol. The van der Waals surface area contributed by atoms with Gasteiger partial charge in [0.25, 0.3) is 0 Å². The van der Waals surface area contributed by atoms with Crippen molar-refractivity contribution in [3.8, 4) is 5.75 Å². The monoisotopic (exact) mass is 282 g/mol. The number of nitrogens with zero attached hydrogens (tertiary/aromatic N) is 3. The number of anilines is 1. The topological polar surface area (TPSA) is 69.0 Å². The highest BCUT2D eigenvalue weighted by molar-refractivity contribution is 5.89. The zero-order chi connectivity index (χ0) is 14.8. The molecule has 1 N–H and O–H groups in total. The van der Waals surface area contributed by atoms with Gasteiger partial charge >= 0.3 is 6.09 Å². The maximum absolute atomic E-state index is 11.8. The molecule has 0 atom stereocenters. The fraction of sp³-hybridized carbons (Fsp3) is 0.133. The molecule has 106 valence electrons. The standard InChI is InChI=1S/C15H14N4O2/c1-10-3-6-12(7-4-10)21-15(20)16-11-5-8-14-13(9-11)17-18-19(14)2/h3-9H,1-2H3,(H,16,20). The van der Waals surface area contributed by atoms with E-state index in [1.54, 1.807) is 28.9 Å². The molecule has 1 heterocycles. The fourth-order valence-electron chi connectivity index (χ4n) is 1.98. The Morgan fingerprint density at radius 3 is 2.71 bits per heavy atom. The molecule has 0 aliphatic rings. The van der Waals surface area contributed by atoms with Crippen molar-refractivity contribution in [3.05, 3.63) is 48.0 Å². The van der Waals surface area contributed by atoms with Crippen LogP contribution >= 0.6 is 0 Å². The SMILES string of the molecule is Cc1ccc(OC(=O)Nc2ccc3c(c2)nnn3C)cc1. The molecule has 0 fully saturated rings. The summed E-state index contributed by atoms with van der Waals surface area (Å²) in [6, 6.07) is 12.6. The van der Waals surface area contributed by atoms with E-state index in [4.69, 9.17) is 4.74 Å². The Morgan fingerprint density at radius 2 is 1.95 bits per heavy atom. The first-order valence-corrected chi connectivity index (χ1v) is 6.47. The van der Waals surface area contributed by atoms with Crippen LogP contribution in [0, 0.1) is 6.92 Å². The van der Waals surface area contributed by atoms with Crippen LogP contribution < -0.4 is 10.1 Å². The summed E-state index contributed by atoms with van der Waals surface area (Å²) in [5, 5.41) is 10.6. The van der Waals surface area contributed by atoms with Crippen LogP contribution in [-0.4, -0.2) is 21.1 Å². The van der Waals surface area contributed by atoms with E-state index in [1.807, 2.05) is 32.2 Å². The predicted octanol–water partition coefficient (Wildman–Crippen LogP) is 2.89. The summed E-state index contributed by atoms with van der Waals surface area (Å²) in [6.45, 7) is 1.97. The second-order valence-electron chi connectivity index (χ2n) is 4.74. The first kappa shape index (κ1) is 13.1. The van der Waals surface area contributed by atoms with E-state index in [1.165, 1.54) is 0 Å². The molecular formula is C15H14N4O2. The molecule has 0 aliphatic carbocycles. The number of aromatic nitrogens is 3. The van der Waals surface area contributed by atoms with E-state index in [-0.39, 0.29) is 0 Å². The number of hydrogen-bond acceptors (Lipinski definition) is 4. The van der Waals surface area contributed by atoms with Crippen LogP contribution in [0.2, 0.25) is 0 Å². The third-order valence-corrected chi connectivity index (χ3v) is 3.09. The molecule has 6 nitrogen and oxygen atoms in total. The number of carbonyl (C=O) groups excluding carboxylic acids is 1. The number of aryl methyl sites for hydroxylation is 2. The van der Waals surface area contributed by atoms with E-state index >= 15 is 0 Å². The molecule has 3 aromatic rings. The summed E-state index contributed by atoms with van der Waals surface area (Å²) in [4.78, 5) is 11.8. The predicted molar refractivity (Wildman–Crippen MR) is 79.3 cm³/mol. The zero-order valence-electron chi connectivity index (χ0n) is 11.7. The summed E-state index contributed by atoms with van der Waals surface area (Å²) >= 11 is 0. The first-order chi connectivity index (χ1) is 10.1. The molecule has 0 radical (unpaired) electrons. The molecule has 1 aromatic heterocycles. The summed E-state index contributed by atoms with van der Waals surface area (Å²) in [7, 11) is 1.81. The molecule has 3 rings (SSSR count). The second kappa shape index (κ2) is 5.24. The van der Waals surface area contributed by atoms with Crippen LogP contribution in [0.4, 0.5) is 10.5 Å². The van der Waals surface area contributed by atoms with E-state index in [2.05, 4.69) is 15.6 Å². The van der Waals surface area contributed by atoms with Crippen molar-refractivity contribution in [2.75, 3.05) is 5.32 Å². The van der Waals surface area contributed by atoms with Crippen molar-refractivity contribution in [3.63, 3.8) is 0 Å². The van der Waals surface area contributed by atoms with E-state index in [0.29, 0.717) is 17.0 Å². The van der Waals surface area contributed by atoms with Crippen LogP contribution in [0.1, 0.15) is 5.56 Å². The van der Waals surface area contributed by atoms with Gasteiger partial charge in [0.05, 0.1) is 5.52 Å². The molecule has 0 saturated heterocycles. The van der Waals surface area contributed by atoms with Crippen LogP contribution in [0.15, 0.2) is 42.5 Å². The summed E-state index contributed by atoms with van der Waals surface area (Å²) in [5.74, 6) is 0.499. The first-order valence-electron chi connectivity index (χ1n) is 6.47. The Balaban J connectivity index is 1.72. The van der Waals surface area contributed by atoms with Crippen LogP contribution in [-0.2, 0) is 7.05 Å². The molecule has 6 heteroatoms. The normalized spacial score (nSPS) is 10.6. The highest BCUT2D eigenvalue weighted by Crippen LogP contribution is 2.17. The van der Waals surface area contributed by atoms with Gasteiger partial charge in [-0.05, 0) is 37.3 Å². The van der Waals surface area contributed by atoms with Crippen molar-refractivity contribution in [2.24, 2.45) is 7.05 Å². The summed E-state index contributed by atoms with van der Waals surface area (Å²) < 4.78 is 6.87. The van der Waals surface area contributed by atoms with Crippen molar-refractivity contribution in [2.45, 2.75) is 6.92 Å². The van der Waals surface area contributed by atoms with Gasteiger partial charge in [-0.25, -0.2) is 9.48 Å². The minimum Gasteiger partial charge on any atom is -0.410 e. The number of hydrogen-bond donors (Lipinski definition) is 1. The summed E-state index contributed by atoms with van der Waals surface area (Å²) in [5.41, 5.74) is 3.33. The highest BCUT2D eigenvalue weighted by Gasteiger charge is 2.07. The largest absolute Gasteiger partial charge is 0.417 e. The number of carbonyl (C=O) groups is 1. The molecule has 0 aliphatic heterocycles. The minimum absolute atomic E-state index is 0.499. The van der Waals surface area contributed by atoms with Crippen molar-refractivity contribution in [1.29, 1.82) is 0 Å². The number of amides is 1. The number of benzene rings is 2. The molecule has 1 amide bonds. The maximum Gasteiger partial charge on any atom is 0.417 e. The lowest BCUT2D eigenvalue weighted by molar-refractivity contribution is 0.215. The number of nitrogens with one attached hydrogen (secondary N) is 1. The van der Waals surface area contributed by atoms with Crippen molar-refractivity contribution < 1.29 is 9.53 Å². The number of ether oxygens (including phenoxy) is 1. The Hall–Kier alpha value is -2.89. The van der Waals surface area contributed by atoms with Crippen LogP contribution in [0.3, 0.4) is 0 Å². The Kier molecular flexibility index (Phi) is 3.27. The summed E-state index contributed by atoms with van der Waals surface area (Å²) in [6.07, 6.45) is -0.540. The third kappa shape index (κ3) is 2.84. The zero-order valence-corrected chi connectivity index (χ0v) is 11.7. The third-order valence-electron chi connectivity index (χ3n) is 3.09. The van der Waals surface area contributed by atoms with Gasteiger partial charge in [0.2, 0.25) is 0 Å². The van der Waals surface area contributed by atoms with E-state index < -0.39 is 6.09 Å². The van der Waals surface area contributed by atoms with Gasteiger partial charge < -0.3 is 4.74 Å². The minimum atomic E-state index is -0.540. The molecular weight excluding hydrogens is 268 g/mol. The van der Waals surface area contributed by atoms with E-state index in [0.717, 1.165) is 11.1 Å². The van der Waals surface area contributed by atoms with Crippen molar-refractivity contribution >= 4 is 22.8 Å². The van der Waals surface area contributed by atoms with Gasteiger partial charge in [-0.3, -0.25) is 5.32 Å². The maximum atomic E-state index is 11.8. The van der Waals surface area contributed by atoms with Crippen molar-refractivity contribution in [1.82, 2.24) is 15.0 Å². The lowest BCUT2D eigenvalue weighted by Crippen LogP contribution is -2.16. The van der Waals surface area contributed by atoms with Gasteiger partial charge in [-0.15, -0.1) is 5.10 Å². The molecule has 0 bridgehead atoms. The highest BCUT2D eigenvalue weighted by atomic mass is 16.6. The van der Waals surface area contributed by atoms with Gasteiger partial charge in [0.15, 0.2) is 0 Å². The number of rotatable bonds is 2. The van der Waals surface area contributed by atoms with Gasteiger partial charge in [0.1, 0.15) is 11.3 Å². The second-order valence-corrected chi connectivity index (χ2v) is 4.74. The lowest BCUT2D eigenvalue weighted by atomic mass is 10.2. The van der Waals surface area contributed by atoms with Crippen LogP contribution in [0.5, 0.6) is 5.75 Å². The fourth-order valence-corrected chi connectivity index (χ4v) is 1.98. The van der Waals surface area contributed by atoms with Gasteiger partial charge in [-0.2, -0.15) is 0 Å². The Bertz CT molecular complexity index is 793. The smallest absolute Gasteiger partial charge is 0.410 e. The number of fused-ring (bicyclic) bond motifs is 1. The van der Waals surface area contributed by atoms with Gasteiger partial charge in [-0.1, -0.05) is 22.9 Å². The molecule has 2 aromatic carbocycles.